The van der Waals surface area contributed by atoms with Crippen molar-refractivity contribution in [3.63, 3.8) is 0 Å². The Morgan fingerprint density at radius 2 is 1.59 bits per heavy atom. The fraction of sp³-hybridized carbons (Fsp3) is 0.300. The first-order valence-corrected chi connectivity index (χ1v) is 8.99. The van der Waals surface area contributed by atoms with Crippen LogP contribution in [0.5, 0.6) is 0 Å². The minimum absolute atomic E-state index is 0. The van der Waals surface area contributed by atoms with Crippen LogP contribution >= 0.6 is 24.0 Å². The van der Waals surface area contributed by atoms with Crippen molar-refractivity contribution in [1.29, 1.82) is 0 Å². The van der Waals surface area contributed by atoms with Crippen molar-refractivity contribution in [1.82, 2.24) is 9.80 Å². The summed E-state index contributed by atoms with van der Waals surface area (Å²) < 4.78 is 0. The summed E-state index contributed by atoms with van der Waals surface area (Å²) >= 11 is 5.96. The van der Waals surface area contributed by atoms with Gasteiger partial charge in [-0.3, -0.25) is 9.59 Å². The number of aryl methyl sites for hydroxylation is 1. The fourth-order valence-electron chi connectivity index (χ4n) is 3.05. The average Bonchev–Trinajstić information content (AvgIpc) is 2.67. The van der Waals surface area contributed by atoms with E-state index in [0.717, 1.165) is 11.1 Å². The van der Waals surface area contributed by atoms with Crippen molar-refractivity contribution in [3.05, 3.63) is 70.2 Å². The van der Waals surface area contributed by atoms with Gasteiger partial charge in [0, 0.05) is 36.8 Å². The lowest BCUT2D eigenvalue weighted by atomic mass is 10.0. The van der Waals surface area contributed by atoms with Gasteiger partial charge in [0.1, 0.15) is 6.04 Å². The number of nitrogens with two attached hydrogens (primary N) is 1. The Bertz CT molecular complexity index is 803. The Hall–Kier alpha value is -2.08. The van der Waals surface area contributed by atoms with Crippen molar-refractivity contribution < 1.29 is 9.59 Å². The molecule has 1 heterocycles. The van der Waals surface area contributed by atoms with Crippen molar-refractivity contribution in [3.8, 4) is 0 Å². The topological polar surface area (TPSA) is 66.6 Å². The molecular weight excluding hydrogens is 385 g/mol. The molecule has 27 heavy (non-hydrogen) atoms. The van der Waals surface area contributed by atoms with Gasteiger partial charge in [0.05, 0.1) is 0 Å². The van der Waals surface area contributed by atoms with E-state index in [1.54, 1.807) is 34.1 Å². The molecule has 0 aromatic heterocycles. The first kappa shape index (κ1) is 21.2. The van der Waals surface area contributed by atoms with Crippen LogP contribution in [0.3, 0.4) is 0 Å². The zero-order valence-electron chi connectivity index (χ0n) is 15.1. The summed E-state index contributed by atoms with van der Waals surface area (Å²) in [6.45, 7) is 3.91. The SMILES string of the molecule is Cc1ccc(C(N)C(=O)N2CCN(C(=O)c3cccc(Cl)c3)CC2)cc1.Cl. The smallest absolute Gasteiger partial charge is 0.254 e. The quantitative estimate of drug-likeness (QED) is 0.849. The minimum Gasteiger partial charge on any atom is -0.337 e. The molecule has 2 aromatic rings. The van der Waals surface area contributed by atoms with Crippen LogP contribution in [0.2, 0.25) is 5.02 Å². The number of nitrogens with zero attached hydrogens (tertiary/aromatic N) is 2. The Balaban J connectivity index is 0.00000261. The van der Waals surface area contributed by atoms with Crippen molar-refractivity contribution in [2.45, 2.75) is 13.0 Å². The summed E-state index contributed by atoms with van der Waals surface area (Å²) in [7, 11) is 0. The summed E-state index contributed by atoms with van der Waals surface area (Å²) in [6.07, 6.45) is 0. The Morgan fingerprint density at radius 3 is 2.19 bits per heavy atom. The first-order valence-electron chi connectivity index (χ1n) is 8.61. The van der Waals surface area contributed by atoms with E-state index in [1.807, 2.05) is 31.2 Å². The van der Waals surface area contributed by atoms with E-state index < -0.39 is 6.04 Å². The predicted octanol–water partition coefficient (Wildman–Crippen LogP) is 3.05. The highest BCUT2D eigenvalue weighted by molar-refractivity contribution is 6.30. The lowest BCUT2D eigenvalue weighted by molar-refractivity contribution is -0.134. The second-order valence-corrected chi connectivity index (χ2v) is 6.95. The van der Waals surface area contributed by atoms with Gasteiger partial charge in [0.2, 0.25) is 5.91 Å². The average molecular weight is 408 g/mol. The maximum absolute atomic E-state index is 12.7. The molecule has 1 unspecified atom stereocenters. The minimum atomic E-state index is -0.675. The second kappa shape index (κ2) is 9.22. The lowest BCUT2D eigenvalue weighted by Gasteiger charge is -2.36. The lowest BCUT2D eigenvalue weighted by Crippen LogP contribution is -2.52. The van der Waals surface area contributed by atoms with E-state index in [4.69, 9.17) is 17.3 Å². The standard InChI is InChI=1S/C20H22ClN3O2.ClH/c1-14-5-7-15(8-6-14)18(22)20(26)24-11-9-23(10-12-24)19(25)16-3-2-4-17(21)13-16;/h2-8,13,18H,9-12,22H2,1H3;1H. The predicted molar refractivity (Wildman–Crippen MR) is 109 cm³/mol. The van der Waals surface area contributed by atoms with E-state index in [0.29, 0.717) is 36.8 Å². The van der Waals surface area contributed by atoms with Crippen molar-refractivity contribution in [2.24, 2.45) is 5.73 Å². The van der Waals surface area contributed by atoms with E-state index >= 15 is 0 Å². The van der Waals surface area contributed by atoms with E-state index in [9.17, 15) is 9.59 Å². The maximum Gasteiger partial charge on any atom is 0.254 e. The monoisotopic (exact) mass is 407 g/mol. The van der Waals surface area contributed by atoms with Crippen LogP contribution in [0.25, 0.3) is 0 Å². The van der Waals surface area contributed by atoms with Crippen molar-refractivity contribution in [2.75, 3.05) is 26.2 Å². The molecule has 144 valence electrons. The van der Waals surface area contributed by atoms with Crippen LogP contribution in [-0.4, -0.2) is 47.8 Å². The summed E-state index contributed by atoms with van der Waals surface area (Å²) in [5.74, 6) is -0.175. The Labute approximate surface area is 170 Å². The molecule has 0 bridgehead atoms. The molecule has 7 heteroatoms. The Kier molecular flexibility index (Phi) is 7.25. The first-order chi connectivity index (χ1) is 12.5. The van der Waals surface area contributed by atoms with Crippen LogP contribution in [0.15, 0.2) is 48.5 Å². The third-order valence-electron chi connectivity index (χ3n) is 4.65. The molecule has 0 radical (unpaired) electrons. The van der Waals surface area contributed by atoms with E-state index in [-0.39, 0.29) is 24.2 Å². The Morgan fingerprint density at radius 1 is 1.00 bits per heavy atom. The number of hydrogen-bond donors (Lipinski definition) is 1. The molecular formula is C20H23Cl2N3O2. The number of piperazine rings is 1. The van der Waals surface area contributed by atoms with Crippen LogP contribution in [0.1, 0.15) is 27.5 Å². The number of rotatable bonds is 3. The molecule has 2 aromatic carbocycles. The molecule has 1 aliphatic rings. The largest absolute Gasteiger partial charge is 0.337 e. The third kappa shape index (κ3) is 5.01. The third-order valence-corrected chi connectivity index (χ3v) is 4.89. The summed E-state index contributed by atoms with van der Waals surface area (Å²) in [5.41, 5.74) is 8.63. The number of carbonyl (C=O) groups is 2. The number of hydrogen-bond acceptors (Lipinski definition) is 3. The van der Waals surface area contributed by atoms with Gasteiger partial charge in [-0.2, -0.15) is 0 Å². The molecule has 2 amide bonds. The second-order valence-electron chi connectivity index (χ2n) is 6.52. The number of amides is 2. The number of benzene rings is 2. The van der Waals surface area contributed by atoms with Gasteiger partial charge in [0.25, 0.3) is 5.91 Å². The van der Waals surface area contributed by atoms with Gasteiger partial charge >= 0.3 is 0 Å². The molecule has 1 fully saturated rings. The molecule has 3 rings (SSSR count). The van der Waals surface area contributed by atoms with Gasteiger partial charge in [0.15, 0.2) is 0 Å². The van der Waals surface area contributed by atoms with Crippen LogP contribution in [-0.2, 0) is 4.79 Å². The van der Waals surface area contributed by atoms with Crippen LogP contribution in [0, 0.1) is 6.92 Å². The highest BCUT2D eigenvalue weighted by Crippen LogP contribution is 2.17. The zero-order chi connectivity index (χ0) is 18.7. The van der Waals surface area contributed by atoms with Crippen molar-refractivity contribution >= 4 is 35.8 Å². The van der Waals surface area contributed by atoms with Gasteiger partial charge in [-0.25, -0.2) is 0 Å². The normalized spacial score (nSPS) is 15.1. The maximum atomic E-state index is 12.7. The van der Waals surface area contributed by atoms with Gasteiger partial charge < -0.3 is 15.5 Å². The molecule has 0 aliphatic carbocycles. The highest BCUT2D eigenvalue weighted by atomic mass is 35.5. The fourth-order valence-corrected chi connectivity index (χ4v) is 3.24. The summed E-state index contributed by atoms with van der Waals surface area (Å²) in [4.78, 5) is 28.7. The molecule has 1 saturated heterocycles. The molecule has 1 aliphatic heterocycles. The molecule has 5 nitrogen and oxygen atoms in total. The van der Waals surface area contributed by atoms with Gasteiger partial charge in [-0.15, -0.1) is 12.4 Å². The zero-order valence-corrected chi connectivity index (χ0v) is 16.7. The van der Waals surface area contributed by atoms with Crippen LogP contribution in [0.4, 0.5) is 0 Å². The van der Waals surface area contributed by atoms with Gasteiger partial charge in [-0.1, -0.05) is 47.5 Å². The molecule has 0 saturated carbocycles. The van der Waals surface area contributed by atoms with Crippen LogP contribution < -0.4 is 5.73 Å². The number of halogens is 2. The molecule has 0 spiro atoms. The number of carbonyl (C=O) groups excluding carboxylic acids is 2. The molecule has 1 atom stereocenters. The molecule has 2 N–H and O–H groups in total. The van der Waals surface area contributed by atoms with E-state index in [2.05, 4.69) is 0 Å². The van der Waals surface area contributed by atoms with E-state index in [1.165, 1.54) is 0 Å². The van der Waals surface area contributed by atoms with Gasteiger partial charge in [-0.05, 0) is 30.7 Å². The highest BCUT2D eigenvalue weighted by Gasteiger charge is 2.28. The summed E-state index contributed by atoms with van der Waals surface area (Å²) in [6, 6.07) is 13.9. The summed E-state index contributed by atoms with van der Waals surface area (Å²) in [5, 5.41) is 0.536.